The first-order valence-electron chi connectivity index (χ1n) is 5.64. The average molecular weight is 249 g/mol. The molecular formula is C14H11N5. The summed E-state index contributed by atoms with van der Waals surface area (Å²) in [6, 6.07) is 11.3. The number of allylic oxidation sites excluding steroid dienone is 1. The number of imidazole rings is 1. The van der Waals surface area contributed by atoms with E-state index in [0.717, 1.165) is 11.3 Å². The van der Waals surface area contributed by atoms with Crippen LogP contribution < -0.4 is 5.32 Å². The van der Waals surface area contributed by atoms with Crippen molar-refractivity contribution in [2.24, 2.45) is 0 Å². The van der Waals surface area contributed by atoms with Crippen LogP contribution in [0.5, 0.6) is 0 Å². The van der Waals surface area contributed by atoms with Crippen molar-refractivity contribution in [3.05, 3.63) is 60.3 Å². The number of para-hydroxylation sites is 1. The molecule has 0 aliphatic carbocycles. The third kappa shape index (κ3) is 3.21. The van der Waals surface area contributed by atoms with Crippen molar-refractivity contribution in [1.29, 1.82) is 10.5 Å². The number of aromatic nitrogens is 2. The van der Waals surface area contributed by atoms with Gasteiger partial charge in [-0.15, -0.1) is 0 Å². The summed E-state index contributed by atoms with van der Waals surface area (Å²) in [5.74, 6) is 0. The summed E-state index contributed by atoms with van der Waals surface area (Å²) >= 11 is 0. The van der Waals surface area contributed by atoms with Crippen molar-refractivity contribution in [2.45, 2.75) is 6.54 Å². The molecule has 0 fully saturated rings. The van der Waals surface area contributed by atoms with Crippen LogP contribution in [0.4, 0.5) is 5.69 Å². The number of nitriles is 2. The molecule has 0 unspecified atom stereocenters. The van der Waals surface area contributed by atoms with E-state index in [1.54, 1.807) is 12.5 Å². The molecule has 0 saturated heterocycles. The summed E-state index contributed by atoms with van der Waals surface area (Å²) in [5.41, 5.74) is 1.95. The monoisotopic (exact) mass is 249 g/mol. The van der Waals surface area contributed by atoms with Crippen LogP contribution in [0.3, 0.4) is 0 Å². The highest BCUT2D eigenvalue weighted by Crippen LogP contribution is 2.16. The standard InChI is InChI=1S/C14H11N5/c15-7-12(8-16)9-18-14-4-2-1-3-13(14)10-19-6-5-17-11-19/h1-6,9,11,18H,10H2. The van der Waals surface area contributed by atoms with Crippen LogP contribution in [0.1, 0.15) is 5.56 Å². The average Bonchev–Trinajstić information content (AvgIpc) is 2.94. The molecule has 0 aliphatic heterocycles. The van der Waals surface area contributed by atoms with Gasteiger partial charge in [-0.2, -0.15) is 10.5 Å². The van der Waals surface area contributed by atoms with Crippen molar-refractivity contribution >= 4 is 5.69 Å². The van der Waals surface area contributed by atoms with Crippen molar-refractivity contribution in [3.8, 4) is 12.1 Å². The minimum Gasteiger partial charge on any atom is -0.360 e. The van der Waals surface area contributed by atoms with Crippen molar-refractivity contribution < 1.29 is 0 Å². The molecule has 2 rings (SSSR count). The fraction of sp³-hybridized carbons (Fsp3) is 0.0714. The maximum atomic E-state index is 8.69. The van der Waals surface area contributed by atoms with Gasteiger partial charge < -0.3 is 9.88 Å². The van der Waals surface area contributed by atoms with E-state index < -0.39 is 0 Å². The van der Waals surface area contributed by atoms with Crippen LogP contribution in [-0.2, 0) is 6.54 Å². The van der Waals surface area contributed by atoms with Gasteiger partial charge in [0, 0.05) is 24.3 Å². The largest absolute Gasteiger partial charge is 0.360 e. The molecule has 0 aliphatic rings. The minimum atomic E-state index is 0.0393. The number of nitrogens with zero attached hydrogens (tertiary/aromatic N) is 4. The number of rotatable bonds is 4. The zero-order chi connectivity index (χ0) is 13.5. The lowest BCUT2D eigenvalue weighted by Crippen LogP contribution is -2.01. The molecule has 92 valence electrons. The van der Waals surface area contributed by atoms with E-state index in [1.807, 2.05) is 47.2 Å². The molecule has 2 aromatic rings. The molecule has 0 bridgehead atoms. The van der Waals surface area contributed by atoms with E-state index in [-0.39, 0.29) is 5.57 Å². The zero-order valence-corrected chi connectivity index (χ0v) is 10.1. The highest BCUT2D eigenvalue weighted by Gasteiger charge is 2.01. The Kier molecular flexibility index (Phi) is 3.94. The Labute approximate surface area is 111 Å². The Morgan fingerprint density at radius 2 is 2.11 bits per heavy atom. The van der Waals surface area contributed by atoms with Crippen LogP contribution in [0.2, 0.25) is 0 Å². The van der Waals surface area contributed by atoms with Crippen molar-refractivity contribution in [1.82, 2.24) is 9.55 Å². The summed E-state index contributed by atoms with van der Waals surface area (Å²) in [7, 11) is 0. The second-order valence-electron chi connectivity index (χ2n) is 3.82. The first-order valence-corrected chi connectivity index (χ1v) is 5.64. The van der Waals surface area contributed by atoms with E-state index in [1.165, 1.54) is 6.20 Å². The van der Waals surface area contributed by atoms with Gasteiger partial charge in [0.25, 0.3) is 0 Å². The van der Waals surface area contributed by atoms with Crippen molar-refractivity contribution in [2.75, 3.05) is 5.32 Å². The van der Waals surface area contributed by atoms with E-state index in [9.17, 15) is 0 Å². The summed E-state index contributed by atoms with van der Waals surface area (Å²) in [6.45, 7) is 0.672. The fourth-order valence-corrected chi connectivity index (χ4v) is 1.62. The second kappa shape index (κ2) is 6.04. The van der Waals surface area contributed by atoms with Gasteiger partial charge in [-0.1, -0.05) is 18.2 Å². The highest BCUT2D eigenvalue weighted by molar-refractivity contribution is 5.55. The van der Waals surface area contributed by atoms with E-state index in [0.29, 0.717) is 6.54 Å². The third-order valence-electron chi connectivity index (χ3n) is 2.54. The molecule has 0 spiro atoms. The molecular weight excluding hydrogens is 238 g/mol. The lowest BCUT2D eigenvalue weighted by molar-refractivity contribution is 0.799. The van der Waals surface area contributed by atoms with Gasteiger partial charge in [0.1, 0.15) is 17.7 Å². The highest BCUT2D eigenvalue weighted by atomic mass is 15.0. The number of benzene rings is 1. The smallest absolute Gasteiger partial charge is 0.145 e. The Morgan fingerprint density at radius 1 is 1.32 bits per heavy atom. The van der Waals surface area contributed by atoms with E-state index in [2.05, 4.69) is 10.3 Å². The first kappa shape index (κ1) is 12.4. The van der Waals surface area contributed by atoms with E-state index in [4.69, 9.17) is 10.5 Å². The number of nitrogens with one attached hydrogen (secondary N) is 1. The van der Waals surface area contributed by atoms with Gasteiger partial charge >= 0.3 is 0 Å². The lowest BCUT2D eigenvalue weighted by Gasteiger charge is -2.09. The zero-order valence-electron chi connectivity index (χ0n) is 10.1. The molecule has 5 heteroatoms. The Hall–Kier alpha value is -3.05. The summed E-state index contributed by atoms with van der Waals surface area (Å²) in [4.78, 5) is 3.99. The molecule has 5 nitrogen and oxygen atoms in total. The molecule has 1 aromatic carbocycles. The minimum absolute atomic E-state index is 0.0393. The topological polar surface area (TPSA) is 77.4 Å². The Balaban J connectivity index is 2.20. The van der Waals surface area contributed by atoms with Crippen LogP contribution in [0, 0.1) is 22.7 Å². The van der Waals surface area contributed by atoms with Crippen LogP contribution in [0.25, 0.3) is 0 Å². The van der Waals surface area contributed by atoms with Gasteiger partial charge in [-0.05, 0) is 11.6 Å². The van der Waals surface area contributed by atoms with Crippen molar-refractivity contribution in [3.63, 3.8) is 0 Å². The normalized spacial score (nSPS) is 9.16. The second-order valence-corrected chi connectivity index (χ2v) is 3.82. The van der Waals surface area contributed by atoms with Crippen LogP contribution in [-0.4, -0.2) is 9.55 Å². The van der Waals surface area contributed by atoms with Crippen LogP contribution in [0.15, 0.2) is 54.8 Å². The maximum absolute atomic E-state index is 8.69. The predicted octanol–water partition coefficient (Wildman–Crippen LogP) is 2.27. The molecule has 1 aromatic heterocycles. The Morgan fingerprint density at radius 3 is 2.79 bits per heavy atom. The molecule has 19 heavy (non-hydrogen) atoms. The molecule has 1 heterocycles. The van der Waals surface area contributed by atoms with Gasteiger partial charge in [-0.25, -0.2) is 4.98 Å². The molecule has 0 radical (unpaired) electrons. The number of hydrogen-bond acceptors (Lipinski definition) is 4. The molecule has 0 amide bonds. The summed E-state index contributed by atoms with van der Waals surface area (Å²) in [5, 5.41) is 20.4. The van der Waals surface area contributed by atoms with Gasteiger partial charge in [-0.3, -0.25) is 0 Å². The predicted molar refractivity (Wildman–Crippen MR) is 70.7 cm³/mol. The summed E-state index contributed by atoms with van der Waals surface area (Å²) in [6.07, 6.45) is 6.75. The first-order chi connectivity index (χ1) is 9.33. The molecule has 0 atom stereocenters. The maximum Gasteiger partial charge on any atom is 0.145 e. The summed E-state index contributed by atoms with van der Waals surface area (Å²) < 4.78 is 1.94. The van der Waals surface area contributed by atoms with E-state index >= 15 is 0 Å². The van der Waals surface area contributed by atoms with Gasteiger partial charge in [0.15, 0.2) is 0 Å². The van der Waals surface area contributed by atoms with Gasteiger partial charge in [0.05, 0.1) is 12.9 Å². The van der Waals surface area contributed by atoms with Crippen LogP contribution >= 0.6 is 0 Å². The molecule has 0 saturated carbocycles. The Bertz CT molecular complexity index is 640. The molecule has 1 N–H and O–H groups in total. The fourth-order valence-electron chi connectivity index (χ4n) is 1.62. The SMILES string of the molecule is N#CC(C#N)=CNc1ccccc1Cn1ccnc1. The quantitative estimate of drug-likeness (QED) is 0.843. The lowest BCUT2D eigenvalue weighted by atomic mass is 10.1. The number of hydrogen-bond donors (Lipinski definition) is 1. The van der Waals surface area contributed by atoms with Gasteiger partial charge in [0.2, 0.25) is 0 Å². The third-order valence-corrected chi connectivity index (χ3v) is 2.54. The number of anilines is 1.